The molecule has 64 valence electrons. The van der Waals surface area contributed by atoms with Crippen molar-refractivity contribution in [3.63, 3.8) is 0 Å². The molecule has 2 atom stereocenters. The van der Waals surface area contributed by atoms with Gasteiger partial charge in [0.05, 0.1) is 0 Å². The molecule has 0 N–H and O–H groups in total. The number of halogens is 2. The van der Waals surface area contributed by atoms with Crippen LogP contribution in [-0.2, 0) is 6.42 Å². The molecule has 0 aromatic heterocycles. The van der Waals surface area contributed by atoms with Crippen LogP contribution in [0.5, 0.6) is 0 Å². The summed E-state index contributed by atoms with van der Waals surface area (Å²) in [6.45, 7) is 2.25. The van der Waals surface area contributed by atoms with Crippen LogP contribution in [0.3, 0.4) is 0 Å². The molecule has 2 unspecified atom stereocenters. The second kappa shape index (κ2) is 3.04. The second-order valence-corrected chi connectivity index (χ2v) is 4.78. The minimum atomic E-state index is 0.492. The molecule has 0 saturated carbocycles. The second-order valence-electron chi connectivity index (χ2n) is 3.39. The monoisotopic (exact) mass is 244 g/mol. The highest BCUT2D eigenvalue weighted by molar-refractivity contribution is 9.09. The molecule has 0 bridgehead atoms. The van der Waals surface area contributed by atoms with Gasteiger partial charge in [-0.3, -0.25) is 0 Å². The number of hydrogen-bond acceptors (Lipinski definition) is 0. The molecule has 1 aromatic carbocycles. The van der Waals surface area contributed by atoms with E-state index in [-0.39, 0.29) is 0 Å². The number of benzene rings is 1. The summed E-state index contributed by atoms with van der Waals surface area (Å²) in [5.74, 6) is 0.667. The van der Waals surface area contributed by atoms with Gasteiger partial charge in [-0.2, -0.15) is 0 Å². The lowest BCUT2D eigenvalue weighted by molar-refractivity contribution is 0.623. The van der Waals surface area contributed by atoms with Gasteiger partial charge in [-0.05, 0) is 29.5 Å². The first-order valence-corrected chi connectivity index (χ1v) is 5.41. The highest BCUT2D eigenvalue weighted by atomic mass is 79.9. The van der Waals surface area contributed by atoms with E-state index in [1.165, 1.54) is 11.1 Å². The summed E-state index contributed by atoms with van der Waals surface area (Å²) in [5, 5.41) is 0.918. The quantitative estimate of drug-likeness (QED) is 0.607. The summed E-state index contributed by atoms with van der Waals surface area (Å²) in [6, 6.07) is 6.15. The molecule has 12 heavy (non-hydrogen) atoms. The lowest BCUT2D eigenvalue weighted by atomic mass is 10.1. The summed E-state index contributed by atoms with van der Waals surface area (Å²) in [7, 11) is 0. The Labute approximate surface area is 86.1 Å². The zero-order valence-corrected chi connectivity index (χ0v) is 9.19. The fourth-order valence-corrected chi connectivity index (χ4v) is 2.66. The highest BCUT2D eigenvalue weighted by Gasteiger charge is 2.28. The van der Waals surface area contributed by atoms with Gasteiger partial charge in [0.2, 0.25) is 0 Å². The molecule has 0 fully saturated rings. The summed E-state index contributed by atoms with van der Waals surface area (Å²) in [5.41, 5.74) is 2.70. The molecular formula is C10H10BrCl. The van der Waals surface area contributed by atoms with E-state index in [4.69, 9.17) is 11.6 Å². The SMILES string of the molecule is CC1Cc2c(Cl)cccc2C1Br. The lowest BCUT2D eigenvalue weighted by Gasteiger charge is -2.06. The third kappa shape index (κ3) is 1.20. The van der Waals surface area contributed by atoms with E-state index in [9.17, 15) is 0 Å². The fraction of sp³-hybridized carbons (Fsp3) is 0.400. The average molecular weight is 246 g/mol. The summed E-state index contributed by atoms with van der Waals surface area (Å²) in [6.07, 6.45) is 1.10. The molecular weight excluding hydrogens is 235 g/mol. The van der Waals surface area contributed by atoms with E-state index in [2.05, 4.69) is 28.9 Å². The normalized spacial score (nSPS) is 27.2. The molecule has 1 aliphatic carbocycles. The zero-order valence-electron chi connectivity index (χ0n) is 6.85. The summed E-state index contributed by atoms with van der Waals surface area (Å²) in [4.78, 5) is 0.492. The van der Waals surface area contributed by atoms with Crippen molar-refractivity contribution >= 4 is 27.5 Å². The Morgan fingerprint density at radius 1 is 1.50 bits per heavy atom. The molecule has 2 heteroatoms. The Hall–Kier alpha value is -0.0100. The van der Waals surface area contributed by atoms with E-state index < -0.39 is 0 Å². The number of fused-ring (bicyclic) bond motifs is 1. The van der Waals surface area contributed by atoms with Crippen LogP contribution in [0.4, 0.5) is 0 Å². The predicted octanol–water partition coefficient (Wildman–Crippen LogP) is 3.97. The first kappa shape index (κ1) is 8.58. The molecule has 0 amide bonds. The Balaban J connectivity index is 2.53. The molecule has 0 nitrogen and oxygen atoms in total. The first-order chi connectivity index (χ1) is 5.70. The maximum absolute atomic E-state index is 6.08. The van der Waals surface area contributed by atoms with Crippen molar-refractivity contribution in [2.45, 2.75) is 18.2 Å². The first-order valence-electron chi connectivity index (χ1n) is 4.11. The van der Waals surface area contributed by atoms with Crippen molar-refractivity contribution in [3.05, 3.63) is 34.3 Å². The van der Waals surface area contributed by atoms with E-state index >= 15 is 0 Å². The van der Waals surface area contributed by atoms with Gasteiger partial charge in [0.15, 0.2) is 0 Å². The van der Waals surface area contributed by atoms with E-state index in [0.29, 0.717) is 10.7 Å². The van der Waals surface area contributed by atoms with Gasteiger partial charge in [-0.1, -0.05) is 46.6 Å². The smallest absolute Gasteiger partial charge is 0.0441 e. The number of alkyl halides is 1. The van der Waals surface area contributed by atoms with Gasteiger partial charge in [-0.15, -0.1) is 0 Å². The summed E-state index contributed by atoms with van der Waals surface area (Å²) < 4.78 is 0. The van der Waals surface area contributed by atoms with Crippen molar-refractivity contribution < 1.29 is 0 Å². The lowest BCUT2D eigenvalue weighted by Crippen LogP contribution is -1.93. The Bertz CT molecular complexity index is 309. The van der Waals surface area contributed by atoms with Gasteiger partial charge in [0.1, 0.15) is 0 Å². The molecule has 2 rings (SSSR count). The molecule has 0 saturated heterocycles. The van der Waals surface area contributed by atoms with E-state index in [1.54, 1.807) is 0 Å². The Morgan fingerprint density at radius 2 is 2.25 bits per heavy atom. The Kier molecular flexibility index (Phi) is 2.18. The predicted molar refractivity (Wildman–Crippen MR) is 56.0 cm³/mol. The molecule has 0 heterocycles. The number of hydrogen-bond donors (Lipinski definition) is 0. The average Bonchev–Trinajstić information content (AvgIpc) is 2.32. The van der Waals surface area contributed by atoms with Gasteiger partial charge in [-0.25, -0.2) is 0 Å². The van der Waals surface area contributed by atoms with Crippen LogP contribution in [0.2, 0.25) is 5.02 Å². The molecule has 0 aliphatic heterocycles. The van der Waals surface area contributed by atoms with Crippen molar-refractivity contribution in [3.8, 4) is 0 Å². The van der Waals surface area contributed by atoms with Crippen LogP contribution in [0.1, 0.15) is 22.9 Å². The van der Waals surface area contributed by atoms with Crippen LogP contribution < -0.4 is 0 Å². The molecule has 0 spiro atoms. The largest absolute Gasteiger partial charge is 0.0840 e. The zero-order chi connectivity index (χ0) is 8.72. The Morgan fingerprint density at radius 3 is 2.92 bits per heavy atom. The third-order valence-electron chi connectivity index (χ3n) is 2.48. The number of rotatable bonds is 0. The van der Waals surface area contributed by atoms with Gasteiger partial charge >= 0.3 is 0 Å². The van der Waals surface area contributed by atoms with Crippen LogP contribution in [0.15, 0.2) is 18.2 Å². The standard InChI is InChI=1S/C10H10BrCl/c1-6-5-8-7(10(6)11)3-2-4-9(8)12/h2-4,6,10H,5H2,1H3. The van der Waals surface area contributed by atoms with Gasteiger partial charge < -0.3 is 0 Å². The van der Waals surface area contributed by atoms with Crippen LogP contribution in [0.25, 0.3) is 0 Å². The van der Waals surface area contributed by atoms with Crippen molar-refractivity contribution in [1.82, 2.24) is 0 Å². The maximum Gasteiger partial charge on any atom is 0.0441 e. The fourth-order valence-electron chi connectivity index (χ4n) is 1.78. The van der Waals surface area contributed by atoms with Crippen LogP contribution in [0, 0.1) is 5.92 Å². The summed E-state index contributed by atoms with van der Waals surface area (Å²) >= 11 is 9.76. The highest BCUT2D eigenvalue weighted by Crippen LogP contribution is 2.44. The molecule has 0 radical (unpaired) electrons. The minimum absolute atomic E-state index is 0.492. The van der Waals surface area contributed by atoms with Crippen LogP contribution in [-0.4, -0.2) is 0 Å². The topological polar surface area (TPSA) is 0 Å². The molecule has 1 aliphatic rings. The van der Waals surface area contributed by atoms with Crippen molar-refractivity contribution in [2.24, 2.45) is 5.92 Å². The van der Waals surface area contributed by atoms with E-state index in [0.717, 1.165) is 11.4 Å². The maximum atomic E-state index is 6.08. The van der Waals surface area contributed by atoms with Gasteiger partial charge in [0.25, 0.3) is 0 Å². The van der Waals surface area contributed by atoms with Crippen molar-refractivity contribution in [1.29, 1.82) is 0 Å². The minimum Gasteiger partial charge on any atom is -0.0840 e. The third-order valence-corrected chi connectivity index (χ3v) is 4.23. The van der Waals surface area contributed by atoms with E-state index in [1.807, 2.05) is 12.1 Å². The van der Waals surface area contributed by atoms with Gasteiger partial charge in [0, 0.05) is 9.85 Å². The van der Waals surface area contributed by atoms with Crippen LogP contribution >= 0.6 is 27.5 Å². The molecule has 1 aromatic rings. The van der Waals surface area contributed by atoms with Crippen molar-refractivity contribution in [2.75, 3.05) is 0 Å².